The zero-order valence-electron chi connectivity index (χ0n) is 14.2. The van der Waals surface area contributed by atoms with Crippen molar-refractivity contribution in [3.05, 3.63) is 0 Å². The predicted molar refractivity (Wildman–Crippen MR) is 87.3 cm³/mol. The largest absolute Gasteiger partial charge is 0.198 e. The Bertz CT molecular complexity index is 291. The molecule has 1 nitrogen and oxygen atoms in total. The van der Waals surface area contributed by atoms with Crippen molar-refractivity contribution in [2.24, 2.45) is 29.6 Å². The monoisotopic (exact) mass is 277 g/mol. The van der Waals surface area contributed by atoms with Crippen molar-refractivity contribution in [3.8, 4) is 6.07 Å². The van der Waals surface area contributed by atoms with E-state index >= 15 is 0 Å². The Hall–Kier alpha value is -0.510. The zero-order chi connectivity index (χ0) is 15.0. The van der Waals surface area contributed by atoms with Gasteiger partial charge < -0.3 is 0 Å². The van der Waals surface area contributed by atoms with Crippen molar-refractivity contribution in [2.75, 3.05) is 0 Å². The van der Waals surface area contributed by atoms with Gasteiger partial charge in [0.15, 0.2) is 0 Å². The van der Waals surface area contributed by atoms with Crippen molar-refractivity contribution in [1.29, 1.82) is 5.26 Å². The van der Waals surface area contributed by atoms with Gasteiger partial charge in [-0.25, -0.2) is 0 Å². The van der Waals surface area contributed by atoms with Crippen LogP contribution in [0.3, 0.4) is 0 Å². The molecule has 1 aliphatic rings. The average molecular weight is 277 g/mol. The average Bonchev–Trinajstić information content (AvgIpc) is 2.43. The van der Waals surface area contributed by atoms with Crippen LogP contribution in [0.2, 0.25) is 0 Å². The maximum absolute atomic E-state index is 9.44. The van der Waals surface area contributed by atoms with Gasteiger partial charge >= 0.3 is 0 Å². The van der Waals surface area contributed by atoms with Gasteiger partial charge in [-0.1, -0.05) is 59.8 Å². The summed E-state index contributed by atoms with van der Waals surface area (Å²) in [6, 6.07) is 2.59. The fourth-order valence-corrected chi connectivity index (χ4v) is 3.87. The molecule has 5 unspecified atom stereocenters. The lowest BCUT2D eigenvalue weighted by molar-refractivity contribution is 0.312. The van der Waals surface area contributed by atoms with E-state index < -0.39 is 0 Å². The minimum Gasteiger partial charge on any atom is -0.198 e. The lowest BCUT2D eigenvalue weighted by atomic mass is 9.82. The molecule has 0 radical (unpaired) electrons. The third kappa shape index (κ3) is 6.29. The molecule has 0 aromatic carbocycles. The molecule has 5 atom stereocenters. The van der Waals surface area contributed by atoms with Crippen LogP contribution in [0.25, 0.3) is 0 Å². The summed E-state index contributed by atoms with van der Waals surface area (Å²) in [5.41, 5.74) is 0. The van der Waals surface area contributed by atoms with Gasteiger partial charge in [0, 0.05) is 5.92 Å². The Kier molecular flexibility index (Phi) is 8.27. The van der Waals surface area contributed by atoms with Crippen LogP contribution in [0.1, 0.15) is 85.5 Å². The summed E-state index contributed by atoms with van der Waals surface area (Å²) in [7, 11) is 0. The van der Waals surface area contributed by atoms with Crippen LogP contribution in [-0.2, 0) is 0 Å². The summed E-state index contributed by atoms with van der Waals surface area (Å²) in [4.78, 5) is 0. The Labute approximate surface area is 127 Å². The number of nitrogens with zero attached hydrogens (tertiary/aromatic N) is 1. The Morgan fingerprint density at radius 2 is 1.60 bits per heavy atom. The van der Waals surface area contributed by atoms with E-state index in [0.29, 0.717) is 5.92 Å². The minimum absolute atomic E-state index is 0.287. The van der Waals surface area contributed by atoms with Crippen LogP contribution in [-0.4, -0.2) is 0 Å². The molecule has 20 heavy (non-hydrogen) atoms. The molecule has 0 N–H and O–H groups in total. The molecule has 0 amide bonds. The van der Waals surface area contributed by atoms with Gasteiger partial charge in [-0.2, -0.15) is 5.26 Å². The van der Waals surface area contributed by atoms with Crippen LogP contribution in [0.5, 0.6) is 0 Å². The second-order valence-electron chi connectivity index (χ2n) is 7.52. The van der Waals surface area contributed by atoms with Crippen molar-refractivity contribution in [1.82, 2.24) is 0 Å². The van der Waals surface area contributed by atoms with E-state index in [0.717, 1.165) is 24.2 Å². The van der Waals surface area contributed by atoms with Crippen LogP contribution >= 0.6 is 0 Å². The normalized spacial score (nSPS) is 38.0. The summed E-state index contributed by atoms with van der Waals surface area (Å²) in [5, 5.41) is 9.44. The second kappa shape index (κ2) is 9.43. The molecule has 1 fully saturated rings. The first-order valence-corrected chi connectivity index (χ1v) is 8.96. The van der Waals surface area contributed by atoms with Crippen LogP contribution in [0.15, 0.2) is 0 Å². The van der Waals surface area contributed by atoms with Gasteiger partial charge in [-0.3, -0.25) is 0 Å². The van der Waals surface area contributed by atoms with E-state index in [9.17, 15) is 5.26 Å². The fourth-order valence-electron chi connectivity index (χ4n) is 3.87. The number of hydrogen-bond donors (Lipinski definition) is 0. The molecular formula is C19H35N. The summed E-state index contributed by atoms with van der Waals surface area (Å²) in [5.74, 6) is 3.42. The predicted octanol–water partition coefficient (Wildman–Crippen LogP) is 6.20. The first-order valence-electron chi connectivity index (χ1n) is 8.96. The van der Waals surface area contributed by atoms with E-state index in [1.165, 1.54) is 51.4 Å². The van der Waals surface area contributed by atoms with Crippen molar-refractivity contribution < 1.29 is 0 Å². The quantitative estimate of drug-likeness (QED) is 0.560. The van der Waals surface area contributed by atoms with Crippen LogP contribution in [0, 0.1) is 40.9 Å². The molecule has 0 heterocycles. The molecule has 1 rings (SSSR count). The third-order valence-corrected chi connectivity index (χ3v) is 5.54. The standard InChI is InChI=1S/C19H35N/c1-5-18-8-6-7-15(2)13-16(3)9-10-17(4)19(14-20)12-11-18/h15-19H,5-13H2,1-4H3. The van der Waals surface area contributed by atoms with Gasteiger partial charge in [0.2, 0.25) is 0 Å². The SMILES string of the molecule is CCC1CCCC(C)CC(C)CCC(C)C(C#N)CC1. The summed E-state index contributed by atoms with van der Waals surface area (Å²) in [6.07, 6.45) is 11.8. The van der Waals surface area contributed by atoms with Crippen LogP contribution < -0.4 is 0 Å². The lowest BCUT2D eigenvalue weighted by Crippen LogP contribution is -2.13. The van der Waals surface area contributed by atoms with Gasteiger partial charge in [-0.05, 0) is 49.4 Å². The van der Waals surface area contributed by atoms with E-state index in [2.05, 4.69) is 33.8 Å². The Morgan fingerprint density at radius 1 is 0.900 bits per heavy atom. The zero-order valence-corrected chi connectivity index (χ0v) is 14.2. The molecular weight excluding hydrogens is 242 g/mol. The van der Waals surface area contributed by atoms with Gasteiger partial charge in [0.05, 0.1) is 6.07 Å². The highest BCUT2D eigenvalue weighted by Crippen LogP contribution is 2.31. The van der Waals surface area contributed by atoms with Crippen molar-refractivity contribution in [2.45, 2.75) is 85.5 Å². The molecule has 116 valence electrons. The third-order valence-electron chi connectivity index (χ3n) is 5.54. The number of hydrogen-bond acceptors (Lipinski definition) is 1. The first-order chi connectivity index (χ1) is 9.56. The molecule has 0 saturated heterocycles. The lowest BCUT2D eigenvalue weighted by Gasteiger charge is -2.21. The molecule has 0 spiro atoms. The summed E-state index contributed by atoms with van der Waals surface area (Å²) < 4.78 is 0. The molecule has 1 saturated carbocycles. The second-order valence-corrected chi connectivity index (χ2v) is 7.52. The topological polar surface area (TPSA) is 23.8 Å². The highest BCUT2D eigenvalue weighted by Gasteiger charge is 2.21. The molecule has 1 heteroatoms. The van der Waals surface area contributed by atoms with E-state index in [1.54, 1.807) is 0 Å². The van der Waals surface area contributed by atoms with Crippen molar-refractivity contribution in [3.63, 3.8) is 0 Å². The smallest absolute Gasteiger partial charge is 0.0658 e. The maximum Gasteiger partial charge on any atom is 0.0658 e. The van der Waals surface area contributed by atoms with E-state index in [-0.39, 0.29) is 5.92 Å². The number of nitriles is 1. The highest BCUT2D eigenvalue weighted by atomic mass is 14.3. The summed E-state index contributed by atoms with van der Waals surface area (Å²) >= 11 is 0. The molecule has 0 aromatic rings. The van der Waals surface area contributed by atoms with E-state index in [4.69, 9.17) is 0 Å². The van der Waals surface area contributed by atoms with Crippen molar-refractivity contribution >= 4 is 0 Å². The molecule has 0 aliphatic heterocycles. The molecule has 1 aliphatic carbocycles. The maximum atomic E-state index is 9.44. The van der Waals surface area contributed by atoms with Gasteiger partial charge in [-0.15, -0.1) is 0 Å². The van der Waals surface area contributed by atoms with Gasteiger partial charge in [0.25, 0.3) is 0 Å². The first kappa shape index (κ1) is 17.5. The summed E-state index contributed by atoms with van der Waals surface area (Å²) in [6.45, 7) is 9.45. The molecule has 0 bridgehead atoms. The van der Waals surface area contributed by atoms with E-state index in [1.807, 2.05) is 0 Å². The highest BCUT2D eigenvalue weighted by molar-refractivity contribution is 4.87. The minimum atomic E-state index is 0.287. The fraction of sp³-hybridized carbons (Fsp3) is 0.947. The Balaban J connectivity index is 2.64. The van der Waals surface area contributed by atoms with Crippen LogP contribution in [0.4, 0.5) is 0 Å². The number of rotatable bonds is 1. The van der Waals surface area contributed by atoms with Gasteiger partial charge in [0.1, 0.15) is 0 Å². The molecule has 0 aromatic heterocycles. The Morgan fingerprint density at radius 3 is 2.25 bits per heavy atom.